The maximum atomic E-state index is 4.75. The van der Waals surface area contributed by atoms with E-state index in [1.165, 1.54) is 22.6 Å². The monoisotopic (exact) mass is 317 g/mol. The average molecular weight is 318 g/mol. The van der Waals surface area contributed by atoms with Crippen LogP contribution in [0.3, 0.4) is 0 Å². The molecular formula is C18H27N3S. The van der Waals surface area contributed by atoms with Crippen LogP contribution in [0.15, 0.2) is 29.6 Å². The van der Waals surface area contributed by atoms with Crippen LogP contribution in [0.5, 0.6) is 0 Å². The van der Waals surface area contributed by atoms with Crippen LogP contribution in [0.25, 0.3) is 11.3 Å². The van der Waals surface area contributed by atoms with Crippen LogP contribution in [0.4, 0.5) is 0 Å². The van der Waals surface area contributed by atoms with E-state index in [-0.39, 0.29) is 0 Å². The summed E-state index contributed by atoms with van der Waals surface area (Å²) in [5.41, 5.74) is 3.70. The molecule has 4 heteroatoms. The highest BCUT2D eigenvalue weighted by atomic mass is 32.1. The number of hydrogen-bond acceptors (Lipinski definition) is 4. The van der Waals surface area contributed by atoms with E-state index in [9.17, 15) is 0 Å². The van der Waals surface area contributed by atoms with Gasteiger partial charge in [-0.1, -0.05) is 31.2 Å². The molecule has 0 atom stereocenters. The Labute approximate surface area is 138 Å². The van der Waals surface area contributed by atoms with E-state index in [1.807, 2.05) is 0 Å². The minimum atomic E-state index is 1.01. The van der Waals surface area contributed by atoms with Gasteiger partial charge in [0, 0.05) is 23.9 Å². The lowest BCUT2D eigenvalue weighted by atomic mass is 10.1. The first-order valence-electron chi connectivity index (χ1n) is 8.08. The topological polar surface area (TPSA) is 28.2 Å². The molecule has 22 heavy (non-hydrogen) atoms. The molecule has 1 N–H and O–H groups in total. The van der Waals surface area contributed by atoms with E-state index in [0.717, 1.165) is 38.2 Å². The van der Waals surface area contributed by atoms with Crippen molar-refractivity contribution in [3.8, 4) is 11.3 Å². The van der Waals surface area contributed by atoms with E-state index in [1.54, 1.807) is 11.3 Å². The van der Waals surface area contributed by atoms with Crippen molar-refractivity contribution in [1.29, 1.82) is 0 Å². The Bertz CT molecular complexity index is 546. The molecule has 2 rings (SSSR count). The highest BCUT2D eigenvalue weighted by Crippen LogP contribution is 2.22. The molecule has 3 nitrogen and oxygen atoms in total. The Morgan fingerprint density at radius 3 is 2.59 bits per heavy atom. The van der Waals surface area contributed by atoms with Gasteiger partial charge in [-0.3, -0.25) is 0 Å². The molecule has 0 saturated carbocycles. The van der Waals surface area contributed by atoms with Crippen LogP contribution < -0.4 is 5.32 Å². The second-order valence-electron chi connectivity index (χ2n) is 5.83. The fraction of sp³-hybridized carbons (Fsp3) is 0.500. The normalized spacial score (nSPS) is 11.3. The third kappa shape index (κ3) is 5.52. The summed E-state index contributed by atoms with van der Waals surface area (Å²) in [6, 6.07) is 8.75. The lowest BCUT2D eigenvalue weighted by molar-refractivity contribution is 0.395. The second kappa shape index (κ2) is 9.03. The third-order valence-corrected chi connectivity index (χ3v) is 4.59. The molecule has 1 heterocycles. The van der Waals surface area contributed by atoms with E-state index < -0.39 is 0 Å². The van der Waals surface area contributed by atoms with Gasteiger partial charge in [0.25, 0.3) is 0 Å². The predicted octanol–water partition coefficient (Wildman–Crippen LogP) is 3.46. The van der Waals surface area contributed by atoms with Crippen LogP contribution in [0, 0.1) is 0 Å². The highest BCUT2D eigenvalue weighted by molar-refractivity contribution is 7.09. The number of nitrogens with one attached hydrogen (secondary N) is 1. The van der Waals surface area contributed by atoms with Gasteiger partial charge in [0.05, 0.1) is 10.7 Å². The lowest BCUT2D eigenvalue weighted by Crippen LogP contribution is -2.23. The largest absolute Gasteiger partial charge is 0.316 e. The summed E-state index contributed by atoms with van der Waals surface area (Å²) in [5, 5.41) is 6.88. The smallest absolute Gasteiger partial charge is 0.0945 e. The Hall–Kier alpha value is -1.23. The molecule has 1 aromatic carbocycles. The van der Waals surface area contributed by atoms with Crippen LogP contribution in [0.2, 0.25) is 0 Å². The third-order valence-electron chi connectivity index (χ3n) is 3.68. The number of benzene rings is 1. The first-order chi connectivity index (χ1) is 10.7. The van der Waals surface area contributed by atoms with Crippen molar-refractivity contribution in [1.82, 2.24) is 15.2 Å². The van der Waals surface area contributed by atoms with Gasteiger partial charge < -0.3 is 10.2 Å². The SMILES string of the molecule is CCc1ccc(-c2csc(CCNCCCN(C)C)n2)cc1. The molecule has 0 bridgehead atoms. The molecule has 0 spiro atoms. The summed E-state index contributed by atoms with van der Waals surface area (Å²) in [7, 11) is 4.23. The molecule has 0 radical (unpaired) electrons. The number of rotatable bonds is 9. The van der Waals surface area contributed by atoms with Crippen molar-refractivity contribution in [2.24, 2.45) is 0 Å². The molecule has 0 fully saturated rings. The van der Waals surface area contributed by atoms with E-state index in [2.05, 4.69) is 60.9 Å². The summed E-state index contributed by atoms with van der Waals surface area (Å²) in [5.74, 6) is 0. The Morgan fingerprint density at radius 2 is 1.91 bits per heavy atom. The van der Waals surface area contributed by atoms with Crippen molar-refractivity contribution in [2.45, 2.75) is 26.2 Å². The fourth-order valence-corrected chi connectivity index (χ4v) is 3.12. The van der Waals surface area contributed by atoms with Crippen molar-refractivity contribution in [3.05, 3.63) is 40.2 Å². The Kier molecular flexibility index (Phi) is 7.03. The Morgan fingerprint density at radius 1 is 1.14 bits per heavy atom. The van der Waals surface area contributed by atoms with Gasteiger partial charge in [0.2, 0.25) is 0 Å². The van der Waals surface area contributed by atoms with Crippen molar-refractivity contribution in [2.75, 3.05) is 33.7 Å². The van der Waals surface area contributed by atoms with Gasteiger partial charge in [-0.25, -0.2) is 4.98 Å². The van der Waals surface area contributed by atoms with Crippen LogP contribution >= 0.6 is 11.3 Å². The van der Waals surface area contributed by atoms with Crippen molar-refractivity contribution < 1.29 is 0 Å². The molecule has 2 aromatic rings. The second-order valence-corrected chi connectivity index (χ2v) is 6.78. The first kappa shape index (κ1) is 17.1. The van der Waals surface area contributed by atoms with Gasteiger partial charge in [-0.2, -0.15) is 0 Å². The van der Waals surface area contributed by atoms with Crippen molar-refractivity contribution >= 4 is 11.3 Å². The van der Waals surface area contributed by atoms with Gasteiger partial charge >= 0.3 is 0 Å². The quantitative estimate of drug-likeness (QED) is 0.718. The maximum Gasteiger partial charge on any atom is 0.0945 e. The van der Waals surface area contributed by atoms with Gasteiger partial charge in [0.15, 0.2) is 0 Å². The zero-order valence-corrected chi connectivity index (χ0v) is 14.7. The minimum Gasteiger partial charge on any atom is -0.316 e. The number of aromatic nitrogens is 1. The minimum absolute atomic E-state index is 1.01. The molecule has 0 saturated heterocycles. The summed E-state index contributed by atoms with van der Waals surface area (Å²) < 4.78 is 0. The van der Waals surface area contributed by atoms with Gasteiger partial charge in [-0.05, 0) is 45.6 Å². The fourth-order valence-electron chi connectivity index (χ4n) is 2.31. The first-order valence-corrected chi connectivity index (χ1v) is 8.96. The zero-order chi connectivity index (χ0) is 15.8. The lowest BCUT2D eigenvalue weighted by Gasteiger charge is -2.09. The molecule has 0 unspecified atom stereocenters. The molecule has 0 amide bonds. The number of hydrogen-bond donors (Lipinski definition) is 1. The van der Waals surface area contributed by atoms with Gasteiger partial charge in [-0.15, -0.1) is 11.3 Å². The van der Waals surface area contributed by atoms with E-state index in [4.69, 9.17) is 4.98 Å². The zero-order valence-electron chi connectivity index (χ0n) is 13.9. The Balaban J connectivity index is 1.76. The van der Waals surface area contributed by atoms with Crippen LogP contribution in [0.1, 0.15) is 23.9 Å². The number of nitrogens with zero attached hydrogens (tertiary/aromatic N) is 2. The summed E-state index contributed by atoms with van der Waals surface area (Å²) in [4.78, 5) is 6.97. The van der Waals surface area contributed by atoms with E-state index in [0.29, 0.717) is 0 Å². The van der Waals surface area contributed by atoms with Crippen LogP contribution in [-0.2, 0) is 12.8 Å². The number of thiazole rings is 1. The van der Waals surface area contributed by atoms with Crippen molar-refractivity contribution in [3.63, 3.8) is 0 Å². The molecule has 0 aliphatic rings. The molecule has 1 aromatic heterocycles. The molecule has 0 aliphatic carbocycles. The standard InChI is InChI=1S/C18H27N3S/c1-4-15-6-8-16(9-7-15)17-14-22-18(20-17)10-12-19-11-5-13-21(2)3/h6-9,14,19H,4-5,10-13H2,1-3H3. The average Bonchev–Trinajstić information content (AvgIpc) is 2.99. The van der Waals surface area contributed by atoms with E-state index >= 15 is 0 Å². The summed E-state index contributed by atoms with van der Waals surface area (Å²) >= 11 is 1.76. The van der Waals surface area contributed by atoms with Crippen LogP contribution in [-0.4, -0.2) is 43.6 Å². The predicted molar refractivity (Wildman–Crippen MR) is 96.7 cm³/mol. The molecule has 120 valence electrons. The van der Waals surface area contributed by atoms with Gasteiger partial charge in [0.1, 0.15) is 0 Å². The molecular weight excluding hydrogens is 290 g/mol. The summed E-state index contributed by atoms with van der Waals surface area (Å²) in [6.07, 6.45) is 3.29. The highest BCUT2D eigenvalue weighted by Gasteiger charge is 2.04. The molecule has 0 aliphatic heterocycles. The maximum absolute atomic E-state index is 4.75. The summed E-state index contributed by atoms with van der Waals surface area (Å²) in [6.45, 7) is 5.41. The number of aryl methyl sites for hydroxylation is 1.